The molecule has 0 fully saturated rings. The van der Waals surface area contributed by atoms with Gasteiger partial charge in [-0.15, -0.1) is 0 Å². The number of aromatic nitrogens is 2. The van der Waals surface area contributed by atoms with Gasteiger partial charge in [-0.3, -0.25) is 4.55 Å². The third-order valence-corrected chi connectivity index (χ3v) is 2.58. The molecule has 0 atom stereocenters. The average Bonchev–Trinajstić information content (AvgIpc) is 2.48. The number of aromatic amines is 1. The first-order valence-electron chi connectivity index (χ1n) is 3.48. The molecule has 0 amide bonds. The summed E-state index contributed by atoms with van der Waals surface area (Å²) in [5.41, 5.74) is 0.833. The Labute approximate surface area is 104 Å². The Hall–Kier alpha value is -0.400. The van der Waals surface area contributed by atoms with Gasteiger partial charge in [-0.2, -0.15) is 8.42 Å². The third kappa shape index (κ3) is 1.99. The van der Waals surface area contributed by atoms with Crippen LogP contribution < -0.4 is 29.6 Å². The summed E-state index contributed by atoms with van der Waals surface area (Å²) in [6, 6.07) is 4.51. The molecule has 0 aliphatic heterocycles. The van der Waals surface area contributed by atoms with Crippen LogP contribution in [0, 0.1) is 0 Å². The fourth-order valence-electron chi connectivity index (χ4n) is 1.15. The summed E-state index contributed by atoms with van der Waals surface area (Å²) in [7, 11) is -4.18. The van der Waals surface area contributed by atoms with Crippen molar-refractivity contribution in [2.45, 2.75) is 4.90 Å². The quantitative estimate of drug-likeness (QED) is 0.429. The molecule has 1 aromatic carbocycles. The van der Waals surface area contributed by atoms with Gasteiger partial charge in [0, 0.05) is 0 Å². The first kappa shape index (κ1) is 11.7. The SMILES string of the molecule is O=S(=O)(O)c1cccc2[nH]cnc12.[H-].[Na+]. The number of imidazole rings is 1. The number of para-hydroxylation sites is 1. The van der Waals surface area contributed by atoms with Crippen molar-refractivity contribution in [1.29, 1.82) is 0 Å². The second-order valence-electron chi connectivity index (χ2n) is 2.53. The van der Waals surface area contributed by atoms with E-state index < -0.39 is 10.1 Å². The minimum Gasteiger partial charge on any atom is -1.00 e. The van der Waals surface area contributed by atoms with Crippen molar-refractivity contribution in [3.8, 4) is 0 Å². The van der Waals surface area contributed by atoms with Crippen molar-refractivity contribution < 1.29 is 44.0 Å². The first-order valence-corrected chi connectivity index (χ1v) is 4.92. The summed E-state index contributed by atoms with van der Waals surface area (Å²) in [5.74, 6) is 0. The Morgan fingerprint density at radius 2 is 2.14 bits per heavy atom. The van der Waals surface area contributed by atoms with Crippen LogP contribution in [0.5, 0.6) is 0 Å². The molecule has 0 spiro atoms. The van der Waals surface area contributed by atoms with Crippen LogP contribution in [0.2, 0.25) is 0 Å². The van der Waals surface area contributed by atoms with Crippen molar-refractivity contribution in [2.75, 3.05) is 0 Å². The smallest absolute Gasteiger partial charge is 1.00 e. The maximum atomic E-state index is 10.8. The van der Waals surface area contributed by atoms with E-state index in [0.717, 1.165) is 0 Å². The molecule has 7 heteroatoms. The minimum absolute atomic E-state index is 0. The molecule has 0 saturated heterocycles. The number of nitrogens with zero attached hydrogens (tertiary/aromatic N) is 1. The monoisotopic (exact) mass is 222 g/mol. The largest absolute Gasteiger partial charge is 1.00 e. The summed E-state index contributed by atoms with van der Waals surface area (Å²) in [6.45, 7) is 0. The van der Waals surface area contributed by atoms with E-state index in [2.05, 4.69) is 9.97 Å². The Morgan fingerprint density at radius 3 is 2.79 bits per heavy atom. The third-order valence-electron chi connectivity index (χ3n) is 1.69. The van der Waals surface area contributed by atoms with Gasteiger partial charge in [0.2, 0.25) is 0 Å². The summed E-state index contributed by atoms with van der Waals surface area (Å²) >= 11 is 0. The van der Waals surface area contributed by atoms with E-state index in [0.29, 0.717) is 5.52 Å². The average molecular weight is 222 g/mol. The number of benzene rings is 1. The van der Waals surface area contributed by atoms with Gasteiger partial charge in [-0.25, -0.2) is 4.98 Å². The zero-order valence-electron chi connectivity index (χ0n) is 8.43. The Balaban J connectivity index is 0.000000980. The number of hydrogen-bond acceptors (Lipinski definition) is 3. The van der Waals surface area contributed by atoms with Crippen LogP contribution in [0.4, 0.5) is 0 Å². The fraction of sp³-hybridized carbons (Fsp3) is 0. The van der Waals surface area contributed by atoms with Gasteiger partial charge in [-0.1, -0.05) is 6.07 Å². The molecule has 70 valence electrons. The van der Waals surface area contributed by atoms with E-state index in [1.807, 2.05) is 0 Å². The van der Waals surface area contributed by atoms with Crippen LogP contribution in [-0.4, -0.2) is 22.9 Å². The topological polar surface area (TPSA) is 83.0 Å². The van der Waals surface area contributed by atoms with Crippen LogP contribution in [-0.2, 0) is 10.1 Å². The molecule has 5 nitrogen and oxygen atoms in total. The molecular weight excluding hydrogens is 215 g/mol. The second kappa shape index (κ2) is 4.00. The van der Waals surface area contributed by atoms with Gasteiger partial charge in [0.1, 0.15) is 10.4 Å². The molecule has 2 aromatic rings. The number of rotatable bonds is 1. The molecule has 0 aliphatic rings. The summed E-state index contributed by atoms with van der Waals surface area (Å²) in [6.07, 6.45) is 1.37. The van der Waals surface area contributed by atoms with Gasteiger partial charge in [0.25, 0.3) is 10.1 Å². The number of hydrogen-bond donors (Lipinski definition) is 2. The molecule has 0 aliphatic carbocycles. The maximum Gasteiger partial charge on any atom is 1.00 e. The Morgan fingerprint density at radius 1 is 1.43 bits per heavy atom. The van der Waals surface area contributed by atoms with E-state index in [-0.39, 0.29) is 41.4 Å². The van der Waals surface area contributed by atoms with Crippen LogP contribution >= 0.6 is 0 Å². The normalized spacial score (nSPS) is 11.2. The summed E-state index contributed by atoms with van der Waals surface area (Å²) in [5, 5.41) is 0. The van der Waals surface area contributed by atoms with Gasteiger partial charge < -0.3 is 6.41 Å². The van der Waals surface area contributed by atoms with Crippen molar-refractivity contribution in [3.63, 3.8) is 0 Å². The van der Waals surface area contributed by atoms with Crippen LogP contribution in [0.1, 0.15) is 1.43 Å². The van der Waals surface area contributed by atoms with Gasteiger partial charge in [-0.05, 0) is 12.1 Å². The molecule has 2 rings (SSSR count). The molecule has 0 radical (unpaired) electrons. The van der Waals surface area contributed by atoms with E-state index in [1.165, 1.54) is 18.5 Å². The van der Waals surface area contributed by atoms with E-state index in [9.17, 15) is 8.42 Å². The number of nitrogens with one attached hydrogen (secondary N) is 1. The Bertz CT molecular complexity index is 554. The molecule has 1 heterocycles. The van der Waals surface area contributed by atoms with Crippen molar-refractivity contribution in [2.24, 2.45) is 0 Å². The zero-order chi connectivity index (χ0) is 9.47. The van der Waals surface area contributed by atoms with Crippen molar-refractivity contribution >= 4 is 21.2 Å². The van der Waals surface area contributed by atoms with E-state index >= 15 is 0 Å². The van der Waals surface area contributed by atoms with E-state index in [4.69, 9.17) is 4.55 Å². The number of fused-ring (bicyclic) bond motifs is 1. The standard InChI is InChI=1S/C7H6N2O3S.Na.H/c10-13(11,12)6-3-1-2-5-7(6)9-4-8-5;;/h1-4H,(H,8,9)(H,10,11,12);;/q;+1;-1. The second-order valence-corrected chi connectivity index (χ2v) is 3.92. The van der Waals surface area contributed by atoms with Gasteiger partial charge in [0.05, 0.1) is 11.8 Å². The number of H-pyrrole nitrogens is 1. The van der Waals surface area contributed by atoms with Gasteiger partial charge >= 0.3 is 29.6 Å². The van der Waals surface area contributed by atoms with Crippen molar-refractivity contribution in [1.82, 2.24) is 9.97 Å². The van der Waals surface area contributed by atoms with E-state index in [1.54, 1.807) is 6.07 Å². The predicted octanol–water partition coefficient (Wildman–Crippen LogP) is -2.07. The van der Waals surface area contributed by atoms with Gasteiger partial charge in [0.15, 0.2) is 0 Å². The summed E-state index contributed by atoms with van der Waals surface area (Å²) < 4.78 is 30.5. The zero-order valence-corrected chi connectivity index (χ0v) is 10.2. The maximum absolute atomic E-state index is 10.8. The molecular formula is C7H7N2NaO3S. The van der Waals surface area contributed by atoms with Crippen LogP contribution in [0.15, 0.2) is 29.4 Å². The predicted molar refractivity (Wildman–Crippen MR) is 47.0 cm³/mol. The molecule has 0 saturated carbocycles. The Kier molecular flexibility index (Phi) is 3.33. The van der Waals surface area contributed by atoms with Crippen LogP contribution in [0.25, 0.3) is 11.0 Å². The molecule has 2 N–H and O–H groups in total. The summed E-state index contributed by atoms with van der Waals surface area (Å²) in [4.78, 5) is 6.36. The molecule has 1 aromatic heterocycles. The molecule has 14 heavy (non-hydrogen) atoms. The van der Waals surface area contributed by atoms with Crippen molar-refractivity contribution in [3.05, 3.63) is 24.5 Å². The fourth-order valence-corrected chi connectivity index (χ4v) is 1.80. The minimum atomic E-state index is -4.18. The van der Waals surface area contributed by atoms with Crippen LogP contribution in [0.3, 0.4) is 0 Å². The first-order chi connectivity index (χ1) is 6.09. The molecule has 0 unspecified atom stereocenters. The molecule has 0 bridgehead atoms.